The van der Waals surface area contributed by atoms with Crippen molar-refractivity contribution in [2.24, 2.45) is 5.92 Å². The molecule has 1 saturated heterocycles. The number of amides is 2. The molecule has 2 amide bonds. The summed E-state index contributed by atoms with van der Waals surface area (Å²) in [4.78, 5) is 26.2. The van der Waals surface area contributed by atoms with Crippen LogP contribution < -0.4 is 5.32 Å². The number of rotatable bonds is 4. The largest absolute Gasteiger partial charge is 0.444 e. The van der Waals surface area contributed by atoms with Crippen LogP contribution in [0.4, 0.5) is 9.18 Å². The van der Waals surface area contributed by atoms with Crippen LogP contribution in [0, 0.1) is 11.7 Å². The fourth-order valence-electron chi connectivity index (χ4n) is 3.25. The molecule has 0 aliphatic carbocycles. The Kier molecular flexibility index (Phi) is 6.20. The Morgan fingerprint density at radius 2 is 1.90 bits per heavy atom. The van der Waals surface area contributed by atoms with Crippen LogP contribution in [0.3, 0.4) is 0 Å². The first-order valence-corrected chi connectivity index (χ1v) is 9.79. The number of aromatic nitrogens is 2. The van der Waals surface area contributed by atoms with Crippen molar-refractivity contribution in [3.63, 3.8) is 0 Å². The molecule has 0 bridgehead atoms. The molecule has 1 fully saturated rings. The lowest BCUT2D eigenvalue weighted by atomic mass is 9.96. The molecule has 1 aromatic heterocycles. The lowest BCUT2D eigenvalue weighted by Crippen LogP contribution is -2.42. The van der Waals surface area contributed by atoms with E-state index in [1.165, 1.54) is 10.7 Å². The Hall–Kier alpha value is -2.90. The molecule has 0 unspecified atom stereocenters. The van der Waals surface area contributed by atoms with Crippen molar-refractivity contribution in [2.45, 2.75) is 39.2 Å². The number of ether oxygens (including phenoxy) is 1. The van der Waals surface area contributed by atoms with Gasteiger partial charge in [0.25, 0.3) is 5.91 Å². The number of piperidine rings is 1. The molecule has 156 valence electrons. The van der Waals surface area contributed by atoms with Crippen LogP contribution in [0.5, 0.6) is 0 Å². The highest BCUT2D eigenvalue weighted by molar-refractivity contribution is 5.92. The number of nitrogens with zero attached hydrogens (tertiary/aromatic N) is 3. The third kappa shape index (κ3) is 5.56. The van der Waals surface area contributed by atoms with Crippen LogP contribution in [-0.2, 0) is 4.74 Å². The van der Waals surface area contributed by atoms with E-state index in [4.69, 9.17) is 4.74 Å². The van der Waals surface area contributed by atoms with Crippen molar-refractivity contribution in [2.75, 3.05) is 19.6 Å². The van der Waals surface area contributed by atoms with Gasteiger partial charge in [-0.3, -0.25) is 4.79 Å². The quantitative estimate of drug-likeness (QED) is 0.851. The van der Waals surface area contributed by atoms with Crippen molar-refractivity contribution in [3.05, 3.63) is 48.0 Å². The monoisotopic (exact) mass is 402 g/mol. The average Bonchev–Trinajstić information content (AvgIpc) is 3.15. The molecule has 7 nitrogen and oxygen atoms in total. The number of carbonyl (C=O) groups excluding carboxylic acids is 2. The summed E-state index contributed by atoms with van der Waals surface area (Å²) in [7, 11) is 0. The van der Waals surface area contributed by atoms with E-state index >= 15 is 0 Å². The molecule has 1 aliphatic heterocycles. The van der Waals surface area contributed by atoms with Crippen LogP contribution in [0.25, 0.3) is 5.69 Å². The number of halogens is 1. The molecule has 8 heteroatoms. The van der Waals surface area contributed by atoms with Crippen molar-refractivity contribution in [1.82, 2.24) is 20.0 Å². The minimum atomic E-state index is -0.522. The topological polar surface area (TPSA) is 76.5 Å². The van der Waals surface area contributed by atoms with Crippen molar-refractivity contribution in [1.29, 1.82) is 0 Å². The summed E-state index contributed by atoms with van der Waals surface area (Å²) in [5, 5.41) is 7.04. The Bertz CT molecular complexity index is 867. The summed E-state index contributed by atoms with van der Waals surface area (Å²) >= 11 is 0. The third-order valence-corrected chi connectivity index (χ3v) is 4.74. The SMILES string of the molecule is CC(C)(C)OC(=O)NCC1CCN(C(=O)c2ccn(-c3ccccc3F)n2)CC1. The minimum Gasteiger partial charge on any atom is -0.444 e. The molecule has 0 saturated carbocycles. The molecule has 1 aliphatic rings. The predicted molar refractivity (Wildman–Crippen MR) is 106 cm³/mol. The summed E-state index contributed by atoms with van der Waals surface area (Å²) in [5.74, 6) is -0.269. The van der Waals surface area contributed by atoms with E-state index in [9.17, 15) is 14.0 Å². The van der Waals surface area contributed by atoms with Gasteiger partial charge in [-0.05, 0) is 57.7 Å². The van der Waals surface area contributed by atoms with E-state index in [2.05, 4.69) is 10.4 Å². The van der Waals surface area contributed by atoms with Gasteiger partial charge < -0.3 is 15.0 Å². The summed E-state index contributed by atoms with van der Waals surface area (Å²) in [6.45, 7) is 7.18. The van der Waals surface area contributed by atoms with Crippen LogP contribution in [0.1, 0.15) is 44.1 Å². The van der Waals surface area contributed by atoms with Crippen LogP contribution in [0.15, 0.2) is 36.5 Å². The molecular formula is C21H27FN4O3. The third-order valence-electron chi connectivity index (χ3n) is 4.74. The van der Waals surface area contributed by atoms with Crippen molar-refractivity contribution in [3.8, 4) is 5.69 Å². The van der Waals surface area contributed by atoms with Crippen molar-refractivity contribution < 1.29 is 18.7 Å². The maximum atomic E-state index is 13.9. The first-order chi connectivity index (χ1) is 13.7. The molecule has 0 spiro atoms. The summed E-state index contributed by atoms with van der Waals surface area (Å²) < 4.78 is 20.5. The summed E-state index contributed by atoms with van der Waals surface area (Å²) in [5.41, 5.74) is 0.0726. The second-order valence-corrected chi connectivity index (χ2v) is 8.22. The van der Waals surface area contributed by atoms with Gasteiger partial charge in [0, 0.05) is 25.8 Å². The second kappa shape index (κ2) is 8.63. The highest BCUT2D eigenvalue weighted by Crippen LogP contribution is 2.19. The Balaban J connectivity index is 1.51. The zero-order valence-electron chi connectivity index (χ0n) is 17.0. The summed E-state index contributed by atoms with van der Waals surface area (Å²) in [6.07, 6.45) is 2.74. The van der Waals surface area contributed by atoms with Crippen molar-refractivity contribution >= 4 is 12.0 Å². The number of alkyl carbamates (subject to hydrolysis) is 1. The zero-order valence-corrected chi connectivity index (χ0v) is 17.0. The Morgan fingerprint density at radius 1 is 1.21 bits per heavy atom. The van der Waals surface area contributed by atoms with Crippen LogP contribution in [0.2, 0.25) is 0 Å². The van der Waals surface area contributed by atoms with E-state index in [0.717, 1.165) is 12.8 Å². The highest BCUT2D eigenvalue weighted by atomic mass is 19.1. The summed E-state index contributed by atoms with van der Waals surface area (Å²) in [6, 6.07) is 7.90. The number of carbonyl (C=O) groups is 2. The predicted octanol–water partition coefficient (Wildman–Crippen LogP) is 3.39. The van der Waals surface area contributed by atoms with Crippen LogP contribution >= 0.6 is 0 Å². The van der Waals surface area contributed by atoms with Gasteiger partial charge in [-0.25, -0.2) is 13.9 Å². The van der Waals surface area contributed by atoms with Gasteiger partial charge in [-0.15, -0.1) is 0 Å². The number of hydrogen-bond acceptors (Lipinski definition) is 4. The number of nitrogens with one attached hydrogen (secondary N) is 1. The standard InChI is InChI=1S/C21H27FN4O3/c1-21(2,3)29-20(28)23-14-15-8-11-25(12-9-15)19(27)17-10-13-26(24-17)18-7-5-4-6-16(18)22/h4-7,10,13,15H,8-9,11-12,14H2,1-3H3,(H,23,28). The highest BCUT2D eigenvalue weighted by Gasteiger charge is 2.26. The smallest absolute Gasteiger partial charge is 0.407 e. The number of likely N-dealkylation sites (tertiary alicyclic amines) is 1. The zero-order chi connectivity index (χ0) is 21.0. The first-order valence-electron chi connectivity index (χ1n) is 9.79. The van der Waals surface area contributed by atoms with Crippen LogP contribution in [-0.4, -0.2) is 51.9 Å². The number of benzene rings is 1. The average molecular weight is 402 g/mol. The van der Waals surface area contributed by atoms with Gasteiger partial charge in [-0.1, -0.05) is 12.1 Å². The molecule has 1 aromatic carbocycles. The fraction of sp³-hybridized carbons (Fsp3) is 0.476. The second-order valence-electron chi connectivity index (χ2n) is 8.22. The van der Waals surface area contributed by atoms with E-state index in [1.807, 2.05) is 20.8 Å². The van der Waals surface area contributed by atoms with Gasteiger partial charge in [0.15, 0.2) is 5.69 Å². The Morgan fingerprint density at radius 3 is 2.55 bits per heavy atom. The number of para-hydroxylation sites is 1. The maximum absolute atomic E-state index is 13.9. The van der Waals surface area contributed by atoms with Gasteiger partial charge in [0.2, 0.25) is 0 Å². The number of hydrogen-bond donors (Lipinski definition) is 1. The molecule has 0 atom stereocenters. The minimum absolute atomic E-state index is 0.168. The lowest BCUT2D eigenvalue weighted by molar-refractivity contribution is 0.0499. The van der Waals surface area contributed by atoms with E-state index in [0.29, 0.717) is 36.9 Å². The molecule has 2 heterocycles. The molecule has 2 aromatic rings. The molecular weight excluding hydrogens is 375 g/mol. The molecule has 1 N–H and O–H groups in total. The molecule has 3 rings (SSSR count). The molecule has 0 radical (unpaired) electrons. The van der Waals surface area contributed by atoms with Gasteiger partial charge in [-0.2, -0.15) is 5.10 Å². The first kappa shape index (κ1) is 20.8. The van der Waals surface area contributed by atoms with E-state index in [1.54, 1.807) is 35.4 Å². The van der Waals surface area contributed by atoms with Gasteiger partial charge in [0.05, 0.1) is 0 Å². The fourth-order valence-corrected chi connectivity index (χ4v) is 3.25. The maximum Gasteiger partial charge on any atom is 0.407 e. The van der Waals surface area contributed by atoms with Gasteiger partial charge >= 0.3 is 6.09 Å². The van der Waals surface area contributed by atoms with E-state index in [-0.39, 0.29) is 5.91 Å². The Labute approximate surface area is 169 Å². The lowest BCUT2D eigenvalue weighted by Gasteiger charge is -2.31. The normalized spacial score (nSPS) is 15.2. The van der Waals surface area contributed by atoms with E-state index < -0.39 is 17.5 Å². The van der Waals surface area contributed by atoms with Gasteiger partial charge in [0.1, 0.15) is 17.1 Å². The molecule has 29 heavy (non-hydrogen) atoms.